The van der Waals surface area contributed by atoms with E-state index in [9.17, 15) is 4.79 Å². The molecule has 0 aromatic rings. The lowest BCUT2D eigenvalue weighted by Gasteiger charge is -1.94. The SMILES string of the molecule is CCOCC/C=C\C/C=C\C/C=C\C/C=C\C/C=C\CC(=O)O. The predicted molar refractivity (Wildman–Crippen MR) is 97.5 cm³/mol. The molecule has 23 heavy (non-hydrogen) atoms. The number of hydrogen-bond donors (Lipinski definition) is 1. The Morgan fingerprint density at radius 3 is 1.65 bits per heavy atom. The number of aliphatic carboxylic acids is 1. The van der Waals surface area contributed by atoms with E-state index < -0.39 is 5.97 Å². The highest BCUT2D eigenvalue weighted by atomic mass is 16.5. The maximum atomic E-state index is 10.3. The van der Waals surface area contributed by atoms with Gasteiger partial charge in [0.1, 0.15) is 0 Å². The Morgan fingerprint density at radius 1 is 0.783 bits per heavy atom. The first-order valence-electron chi connectivity index (χ1n) is 8.31. The van der Waals surface area contributed by atoms with Crippen LogP contribution < -0.4 is 0 Å². The van der Waals surface area contributed by atoms with Crippen LogP contribution in [-0.2, 0) is 9.53 Å². The number of rotatable bonds is 14. The zero-order chi connectivity index (χ0) is 17.0. The molecular weight excluding hydrogens is 288 g/mol. The Hall–Kier alpha value is -1.87. The fraction of sp³-hybridized carbons (Fsp3) is 0.450. The van der Waals surface area contributed by atoms with Crippen molar-refractivity contribution in [2.75, 3.05) is 13.2 Å². The summed E-state index contributed by atoms with van der Waals surface area (Å²) in [5.41, 5.74) is 0. The quantitative estimate of drug-likeness (QED) is 0.352. The lowest BCUT2D eigenvalue weighted by molar-refractivity contribution is -0.136. The Bertz CT molecular complexity index is 415. The van der Waals surface area contributed by atoms with E-state index in [1.165, 1.54) is 0 Å². The van der Waals surface area contributed by atoms with Crippen LogP contribution >= 0.6 is 0 Å². The summed E-state index contributed by atoms with van der Waals surface area (Å²) in [6.45, 7) is 3.61. The topological polar surface area (TPSA) is 46.5 Å². The van der Waals surface area contributed by atoms with Gasteiger partial charge in [0, 0.05) is 13.2 Å². The molecule has 0 aliphatic heterocycles. The Morgan fingerprint density at radius 2 is 1.22 bits per heavy atom. The summed E-state index contributed by atoms with van der Waals surface area (Å²) in [6, 6.07) is 0. The summed E-state index contributed by atoms with van der Waals surface area (Å²) in [5, 5.41) is 8.46. The first-order chi connectivity index (χ1) is 11.3. The van der Waals surface area contributed by atoms with Gasteiger partial charge >= 0.3 is 5.97 Å². The lowest BCUT2D eigenvalue weighted by atomic mass is 10.2. The first kappa shape index (κ1) is 21.1. The summed E-state index contributed by atoms with van der Waals surface area (Å²) in [5.74, 6) is -0.790. The number of allylic oxidation sites excluding steroid dienone is 8. The molecule has 0 fully saturated rings. The largest absolute Gasteiger partial charge is 0.481 e. The molecular formula is C20H30O3. The van der Waals surface area contributed by atoms with Gasteiger partial charge in [-0.2, -0.15) is 0 Å². The van der Waals surface area contributed by atoms with Gasteiger partial charge in [0.25, 0.3) is 0 Å². The zero-order valence-electron chi connectivity index (χ0n) is 14.2. The van der Waals surface area contributed by atoms with Gasteiger partial charge in [0.2, 0.25) is 0 Å². The molecule has 0 saturated carbocycles. The van der Waals surface area contributed by atoms with Crippen molar-refractivity contribution in [2.24, 2.45) is 0 Å². The molecule has 0 atom stereocenters. The third kappa shape index (κ3) is 20.1. The highest BCUT2D eigenvalue weighted by Gasteiger charge is 1.87. The third-order valence-electron chi connectivity index (χ3n) is 2.85. The summed E-state index contributed by atoms with van der Waals surface area (Å²) < 4.78 is 5.25. The van der Waals surface area contributed by atoms with Crippen LogP contribution in [0, 0.1) is 0 Å². The van der Waals surface area contributed by atoms with Gasteiger partial charge in [-0.05, 0) is 39.0 Å². The highest BCUT2D eigenvalue weighted by molar-refractivity contribution is 5.68. The molecule has 0 spiro atoms. The van der Waals surface area contributed by atoms with Gasteiger partial charge in [0.15, 0.2) is 0 Å². The van der Waals surface area contributed by atoms with Crippen molar-refractivity contribution >= 4 is 5.97 Å². The van der Waals surface area contributed by atoms with Crippen LogP contribution in [0.1, 0.15) is 45.4 Å². The molecule has 0 heterocycles. The van der Waals surface area contributed by atoms with Crippen molar-refractivity contribution in [1.82, 2.24) is 0 Å². The Labute approximate surface area is 140 Å². The molecule has 1 N–H and O–H groups in total. The highest BCUT2D eigenvalue weighted by Crippen LogP contribution is 1.96. The molecule has 3 nitrogen and oxygen atoms in total. The molecule has 0 radical (unpaired) electrons. The van der Waals surface area contributed by atoms with Crippen LogP contribution in [0.3, 0.4) is 0 Å². The van der Waals surface area contributed by atoms with Gasteiger partial charge in [0.05, 0.1) is 6.42 Å². The van der Waals surface area contributed by atoms with Crippen molar-refractivity contribution < 1.29 is 14.6 Å². The third-order valence-corrected chi connectivity index (χ3v) is 2.85. The summed E-state index contributed by atoms with van der Waals surface area (Å²) in [6.07, 6.45) is 25.4. The molecule has 0 aliphatic rings. The second kappa shape index (κ2) is 18.2. The minimum Gasteiger partial charge on any atom is -0.481 e. The Kier molecular flexibility index (Phi) is 16.7. The fourth-order valence-electron chi connectivity index (χ4n) is 1.68. The standard InChI is InChI=1S/C20H30O3/c1-2-23-19-17-15-13-11-9-7-5-3-4-6-8-10-12-14-16-18-20(21)22/h3-4,7-10,13-16H,2,5-6,11-12,17-19H2,1H3,(H,21,22)/b4-3-,9-7-,10-8-,15-13-,16-14-. The molecule has 0 amide bonds. The smallest absolute Gasteiger partial charge is 0.307 e. The number of ether oxygens (including phenoxy) is 1. The van der Waals surface area contributed by atoms with Gasteiger partial charge in [-0.15, -0.1) is 0 Å². The monoisotopic (exact) mass is 318 g/mol. The van der Waals surface area contributed by atoms with Gasteiger partial charge in [-0.25, -0.2) is 0 Å². The number of carboxylic acid groups (broad SMARTS) is 1. The molecule has 0 rings (SSSR count). The number of carboxylic acids is 1. The first-order valence-corrected chi connectivity index (χ1v) is 8.31. The predicted octanol–water partition coefficient (Wildman–Crippen LogP) is 5.23. The normalized spacial score (nSPS) is 12.7. The van der Waals surface area contributed by atoms with E-state index >= 15 is 0 Å². The van der Waals surface area contributed by atoms with Crippen molar-refractivity contribution in [2.45, 2.75) is 45.4 Å². The van der Waals surface area contributed by atoms with Crippen LogP contribution in [0.15, 0.2) is 60.8 Å². The van der Waals surface area contributed by atoms with Gasteiger partial charge in [-0.3, -0.25) is 4.79 Å². The van der Waals surface area contributed by atoms with Crippen LogP contribution in [0.4, 0.5) is 0 Å². The van der Waals surface area contributed by atoms with Crippen molar-refractivity contribution in [3.8, 4) is 0 Å². The van der Waals surface area contributed by atoms with Crippen molar-refractivity contribution in [1.29, 1.82) is 0 Å². The van der Waals surface area contributed by atoms with E-state index in [1.54, 1.807) is 6.08 Å². The van der Waals surface area contributed by atoms with E-state index in [4.69, 9.17) is 9.84 Å². The fourth-order valence-corrected chi connectivity index (χ4v) is 1.68. The van der Waals surface area contributed by atoms with Crippen LogP contribution in [0.5, 0.6) is 0 Å². The molecule has 0 aromatic carbocycles. The minimum absolute atomic E-state index is 0.0990. The van der Waals surface area contributed by atoms with E-state index in [0.717, 1.165) is 45.3 Å². The lowest BCUT2D eigenvalue weighted by Crippen LogP contribution is -1.90. The Balaban J connectivity index is 3.47. The van der Waals surface area contributed by atoms with Crippen molar-refractivity contribution in [3.63, 3.8) is 0 Å². The van der Waals surface area contributed by atoms with E-state index in [0.29, 0.717) is 0 Å². The zero-order valence-corrected chi connectivity index (χ0v) is 14.2. The molecule has 0 saturated heterocycles. The maximum absolute atomic E-state index is 10.3. The van der Waals surface area contributed by atoms with Crippen LogP contribution in [0.2, 0.25) is 0 Å². The summed E-state index contributed by atoms with van der Waals surface area (Å²) in [7, 11) is 0. The van der Waals surface area contributed by atoms with Gasteiger partial charge < -0.3 is 9.84 Å². The van der Waals surface area contributed by atoms with E-state index in [1.807, 2.05) is 19.1 Å². The average molecular weight is 318 g/mol. The minimum atomic E-state index is -0.790. The van der Waals surface area contributed by atoms with E-state index in [-0.39, 0.29) is 6.42 Å². The maximum Gasteiger partial charge on any atom is 0.307 e. The summed E-state index contributed by atoms with van der Waals surface area (Å²) in [4.78, 5) is 10.3. The second-order valence-corrected chi connectivity index (χ2v) is 4.88. The number of hydrogen-bond acceptors (Lipinski definition) is 2. The molecule has 128 valence electrons. The van der Waals surface area contributed by atoms with Gasteiger partial charge in [-0.1, -0.05) is 60.8 Å². The molecule has 0 aromatic heterocycles. The average Bonchev–Trinajstić information content (AvgIpc) is 2.53. The van der Waals surface area contributed by atoms with Crippen LogP contribution in [0.25, 0.3) is 0 Å². The van der Waals surface area contributed by atoms with Crippen LogP contribution in [-0.4, -0.2) is 24.3 Å². The van der Waals surface area contributed by atoms with Crippen molar-refractivity contribution in [3.05, 3.63) is 60.8 Å². The molecule has 0 aliphatic carbocycles. The molecule has 0 unspecified atom stereocenters. The molecule has 3 heteroatoms. The van der Waals surface area contributed by atoms with E-state index in [2.05, 4.69) is 42.5 Å². The second-order valence-electron chi connectivity index (χ2n) is 4.88. The number of carbonyl (C=O) groups is 1. The molecule has 0 bridgehead atoms. The summed E-state index contributed by atoms with van der Waals surface area (Å²) >= 11 is 0.